The normalized spacial score (nSPS) is 15.4. The van der Waals surface area contributed by atoms with Crippen molar-refractivity contribution in [3.63, 3.8) is 0 Å². The molecule has 26 heavy (non-hydrogen) atoms. The van der Waals surface area contributed by atoms with Crippen molar-refractivity contribution < 1.29 is 14.4 Å². The Morgan fingerprint density at radius 2 is 1.77 bits per heavy atom. The molecule has 0 radical (unpaired) electrons. The highest BCUT2D eigenvalue weighted by Crippen LogP contribution is 2.31. The van der Waals surface area contributed by atoms with Crippen LogP contribution in [0.1, 0.15) is 26.3 Å². The van der Waals surface area contributed by atoms with Crippen molar-refractivity contribution >= 4 is 64.1 Å². The van der Waals surface area contributed by atoms with Gasteiger partial charge in [0.15, 0.2) is 4.32 Å². The maximum Gasteiger partial charge on any atom is 0.285 e. The molecule has 3 rings (SSSR count). The number of rotatable bonds is 4. The lowest BCUT2D eigenvalue weighted by Crippen LogP contribution is -2.44. The van der Waals surface area contributed by atoms with Crippen molar-refractivity contribution in [1.29, 1.82) is 0 Å². The van der Waals surface area contributed by atoms with Gasteiger partial charge in [0.05, 0.1) is 15.5 Å². The predicted octanol–water partition coefficient (Wildman–Crippen LogP) is 3.70. The molecule has 0 aliphatic carbocycles. The minimum Gasteiger partial charge on any atom is -0.298 e. The average molecular weight is 403 g/mol. The van der Waals surface area contributed by atoms with Gasteiger partial charge in [-0.05, 0) is 36.0 Å². The van der Waals surface area contributed by atoms with Crippen LogP contribution in [-0.4, -0.2) is 27.4 Å². The molecular formula is C18H11ClN2O3S2. The fourth-order valence-electron chi connectivity index (χ4n) is 2.19. The number of nitrogens with one attached hydrogen (secondary N) is 1. The van der Waals surface area contributed by atoms with Crippen LogP contribution in [0.5, 0.6) is 0 Å². The van der Waals surface area contributed by atoms with Gasteiger partial charge in [0.25, 0.3) is 11.8 Å². The first-order valence-corrected chi connectivity index (χ1v) is 8.98. The van der Waals surface area contributed by atoms with E-state index in [1.807, 2.05) is 0 Å². The van der Waals surface area contributed by atoms with E-state index in [9.17, 15) is 14.4 Å². The molecule has 0 saturated carbocycles. The van der Waals surface area contributed by atoms with Gasteiger partial charge in [-0.25, -0.2) is 0 Å². The molecule has 130 valence electrons. The first kappa shape index (κ1) is 18.3. The number of thioether (sulfide) groups is 1. The van der Waals surface area contributed by atoms with Crippen LogP contribution in [-0.2, 0) is 4.79 Å². The van der Waals surface area contributed by atoms with Crippen molar-refractivity contribution in [2.45, 2.75) is 0 Å². The average Bonchev–Trinajstić information content (AvgIpc) is 2.90. The quantitative estimate of drug-likeness (QED) is 0.480. The number of nitrogens with zero attached hydrogens (tertiary/aromatic N) is 1. The summed E-state index contributed by atoms with van der Waals surface area (Å²) in [6.45, 7) is 0. The number of carbonyl (C=O) groups excluding carboxylic acids is 3. The lowest BCUT2D eigenvalue weighted by Gasteiger charge is -2.16. The zero-order valence-electron chi connectivity index (χ0n) is 13.1. The van der Waals surface area contributed by atoms with Crippen LogP contribution >= 0.6 is 35.6 Å². The van der Waals surface area contributed by atoms with Crippen molar-refractivity contribution in [3.8, 4) is 0 Å². The molecule has 1 N–H and O–H groups in total. The molecule has 0 aromatic heterocycles. The van der Waals surface area contributed by atoms with Crippen LogP contribution < -0.4 is 5.43 Å². The lowest BCUT2D eigenvalue weighted by atomic mass is 10.1. The van der Waals surface area contributed by atoms with Gasteiger partial charge in [-0.1, -0.05) is 59.8 Å². The number of amides is 2. The second-order valence-corrected chi connectivity index (χ2v) is 7.31. The predicted molar refractivity (Wildman–Crippen MR) is 106 cm³/mol. The van der Waals surface area contributed by atoms with E-state index in [4.69, 9.17) is 23.8 Å². The Bertz CT molecular complexity index is 942. The molecule has 2 amide bonds. The van der Waals surface area contributed by atoms with Gasteiger partial charge in [0, 0.05) is 5.56 Å². The van der Waals surface area contributed by atoms with Crippen LogP contribution in [0.15, 0.2) is 53.4 Å². The second-order valence-electron chi connectivity index (χ2n) is 5.22. The summed E-state index contributed by atoms with van der Waals surface area (Å²) < 4.78 is 0.214. The van der Waals surface area contributed by atoms with Crippen molar-refractivity contribution in [2.75, 3.05) is 0 Å². The number of carbonyl (C=O) groups is 3. The largest absolute Gasteiger partial charge is 0.298 e. The Kier molecular flexibility index (Phi) is 5.51. The Labute approximate surface area is 164 Å². The third-order valence-electron chi connectivity index (χ3n) is 3.50. The van der Waals surface area contributed by atoms with Crippen LogP contribution in [0.2, 0.25) is 5.02 Å². The van der Waals surface area contributed by atoms with Gasteiger partial charge in [0.2, 0.25) is 0 Å². The summed E-state index contributed by atoms with van der Waals surface area (Å²) in [4.78, 5) is 35.9. The smallest absolute Gasteiger partial charge is 0.285 e. The summed E-state index contributed by atoms with van der Waals surface area (Å²) in [5.74, 6) is -0.955. The monoisotopic (exact) mass is 402 g/mol. The number of hydrogen-bond acceptors (Lipinski definition) is 5. The SMILES string of the molecule is O=Cc1ccc(/C=C2\SC(=S)N(NC(=O)c3ccccc3Cl)C2=O)cc1. The molecule has 0 bridgehead atoms. The summed E-state index contributed by atoms with van der Waals surface area (Å²) >= 11 is 12.3. The van der Waals surface area contributed by atoms with E-state index in [-0.39, 0.29) is 14.9 Å². The first-order chi connectivity index (χ1) is 12.5. The fourth-order valence-corrected chi connectivity index (χ4v) is 3.59. The van der Waals surface area contributed by atoms with Crippen molar-refractivity contribution in [2.24, 2.45) is 0 Å². The molecule has 5 nitrogen and oxygen atoms in total. The highest BCUT2D eigenvalue weighted by Gasteiger charge is 2.34. The molecule has 1 heterocycles. The Hall–Kier alpha value is -2.48. The first-order valence-electron chi connectivity index (χ1n) is 7.38. The minimum atomic E-state index is -0.525. The number of hydrogen-bond donors (Lipinski definition) is 1. The van der Waals surface area contributed by atoms with Crippen LogP contribution in [0.25, 0.3) is 6.08 Å². The minimum absolute atomic E-state index is 0.214. The number of aldehydes is 1. The van der Waals surface area contributed by atoms with Crippen molar-refractivity contribution in [1.82, 2.24) is 10.4 Å². The Balaban J connectivity index is 1.78. The summed E-state index contributed by atoms with van der Waals surface area (Å²) in [5, 5.41) is 1.30. The summed E-state index contributed by atoms with van der Waals surface area (Å²) in [5.41, 5.74) is 4.01. The molecule has 1 saturated heterocycles. The summed E-state index contributed by atoms with van der Waals surface area (Å²) in [6, 6.07) is 13.3. The summed E-state index contributed by atoms with van der Waals surface area (Å²) in [6.07, 6.45) is 2.39. The van der Waals surface area contributed by atoms with Gasteiger partial charge in [-0.2, -0.15) is 5.01 Å². The van der Waals surface area contributed by atoms with E-state index in [1.54, 1.807) is 54.6 Å². The molecule has 1 aliphatic rings. The third-order valence-corrected chi connectivity index (χ3v) is 5.13. The molecule has 0 atom stereocenters. The van der Waals surface area contributed by atoms with E-state index in [1.165, 1.54) is 0 Å². The number of hydrazine groups is 1. The summed E-state index contributed by atoms with van der Waals surface area (Å²) in [7, 11) is 0. The highest BCUT2D eigenvalue weighted by atomic mass is 35.5. The molecule has 8 heteroatoms. The molecular weight excluding hydrogens is 392 g/mol. The zero-order valence-corrected chi connectivity index (χ0v) is 15.5. The number of thiocarbonyl (C=S) groups is 1. The topological polar surface area (TPSA) is 66.5 Å². The molecule has 0 spiro atoms. The van der Waals surface area contributed by atoms with Gasteiger partial charge < -0.3 is 0 Å². The fraction of sp³-hybridized carbons (Fsp3) is 0. The van der Waals surface area contributed by atoms with Crippen LogP contribution in [0, 0.1) is 0 Å². The maximum atomic E-state index is 12.5. The van der Waals surface area contributed by atoms with E-state index in [2.05, 4.69) is 5.43 Å². The molecule has 1 aliphatic heterocycles. The lowest BCUT2D eigenvalue weighted by molar-refractivity contribution is -0.123. The van der Waals surface area contributed by atoms with Gasteiger partial charge in [-0.15, -0.1) is 0 Å². The van der Waals surface area contributed by atoms with Gasteiger partial charge >= 0.3 is 0 Å². The maximum absolute atomic E-state index is 12.5. The Morgan fingerprint density at radius 1 is 1.12 bits per heavy atom. The van der Waals surface area contributed by atoms with E-state index in [0.29, 0.717) is 10.5 Å². The van der Waals surface area contributed by atoms with E-state index in [0.717, 1.165) is 28.6 Å². The zero-order chi connectivity index (χ0) is 18.7. The van der Waals surface area contributed by atoms with E-state index >= 15 is 0 Å². The molecule has 0 unspecified atom stereocenters. The van der Waals surface area contributed by atoms with Crippen molar-refractivity contribution in [3.05, 3.63) is 75.1 Å². The van der Waals surface area contributed by atoms with E-state index < -0.39 is 11.8 Å². The molecule has 1 fully saturated rings. The Morgan fingerprint density at radius 3 is 2.42 bits per heavy atom. The van der Waals surface area contributed by atoms with Gasteiger partial charge in [-0.3, -0.25) is 19.8 Å². The van der Waals surface area contributed by atoms with Crippen LogP contribution in [0.3, 0.4) is 0 Å². The number of benzene rings is 2. The third kappa shape index (κ3) is 3.85. The standard InChI is InChI=1S/C18H11ClN2O3S2/c19-14-4-2-1-3-13(14)16(23)20-21-17(24)15(26-18(21)25)9-11-5-7-12(10-22)8-6-11/h1-10H,(H,20,23)/b15-9-. The van der Waals surface area contributed by atoms with Crippen LogP contribution in [0.4, 0.5) is 0 Å². The number of halogens is 1. The second kappa shape index (κ2) is 7.82. The molecule has 2 aromatic carbocycles. The highest BCUT2D eigenvalue weighted by molar-refractivity contribution is 8.26. The van der Waals surface area contributed by atoms with Gasteiger partial charge in [0.1, 0.15) is 6.29 Å². The molecule has 2 aromatic rings.